The van der Waals surface area contributed by atoms with Crippen LogP contribution in [0.3, 0.4) is 0 Å². The van der Waals surface area contributed by atoms with Crippen molar-refractivity contribution in [2.24, 2.45) is 0 Å². The number of hydrogen-bond donors (Lipinski definition) is 0. The number of hydrogen-bond acceptors (Lipinski definition) is 1. The van der Waals surface area contributed by atoms with Gasteiger partial charge in [0.25, 0.3) is 0 Å². The third-order valence-electron chi connectivity index (χ3n) is 3.76. The van der Waals surface area contributed by atoms with E-state index in [4.69, 9.17) is 0 Å². The van der Waals surface area contributed by atoms with Crippen LogP contribution >= 0.6 is 0 Å². The van der Waals surface area contributed by atoms with Crippen LogP contribution in [0.15, 0.2) is 72.9 Å². The fourth-order valence-corrected chi connectivity index (χ4v) is 2.54. The Labute approximate surface area is 126 Å². The van der Waals surface area contributed by atoms with E-state index in [0.717, 1.165) is 18.5 Å². The normalized spacial score (nSPS) is 10.5. The summed E-state index contributed by atoms with van der Waals surface area (Å²) in [6, 6.07) is 23.4. The van der Waals surface area contributed by atoms with Crippen LogP contribution < -0.4 is 0 Å². The first-order valence-electron chi connectivity index (χ1n) is 7.38. The minimum atomic E-state index is 1.04. The van der Waals surface area contributed by atoms with Gasteiger partial charge in [-0.1, -0.05) is 60.2 Å². The van der Waals surface area contributed by atoms with Crippen molar-refractivity contribution in [3.63, 3.8) is 0 Å². The highest BCUT2D eigenvalue weighted by Crippen LogP contribution is 2.22. The van der Waals surface area contributed by atoms with Crippen molar-refractivity contribution in [2.45, 2.75) is 19.8 Å². The summed E-state index contributed by atoms with van der Waals surface area (Å²) in [5, 5.41) is 0. The van der Waals surface area contributed by atoms with E-state index in [1.165, 1.54) is 22.3 Å². The van der Waals surface area contributed by atoms with Crippen LogP contribution in [0, 0.1) is 6.92 Å². The highest BCUT2D eigenvalue weighted by atomic mass is 14.7. The van der Waals surface area contributed by atoms with Crippen LogP contribution in [0.4, 0.5) is 0 Å². The van der Waals surface area contributed by atoms with E-state index in [2.05, 4.69) is 66.5 Å². The lowest BCUT2D eigenvalue weighted by atomic mass is 9.97. The van der Waals surface area contributed by atoms with Crippen molar-refractivity contribution in [2.75, 3.05) is 0 Å². The van der Waals surface area contributed by atoms with Gasteiger partial charge in [-0.05, 0) is 43.0 Å². The summed E-state index contributed by atoms with van der Waals surface area (Å²) in [5.74, 6) is 0. The lowest BCUT2D eigenvalue weighted by molar-refractivity contribution is 0.960. The highest BCUT2D eigenvalue weighted by Gasteiger charge is 2.05. The van der Waals surface area contributed by atoms with Crippen molar-refractivity contribution in [1.29, 1.82) is 0 Å². The quantitative estimate of drug-likeness (QED) is 0.662. The van der Waals surface area contributed by atoms with Crippen LogP contribution in [-0.2, 0) is 12.8 Å². The smallest absolute Gasteiger partial charge is 0.0704 e. The van der Waals surface area contributed by atoms with E-state index in [9.17, 15) is 0 Å². The van der Waals surface area contributed by atoms with Crippen LogP contribution in [0.5, 0.6) is 0 Å². The Kier molecular flexibility index (Phi) is 4.11. The minimum absolute atomic E-state index is 1.04. The fraction of sp³-hybridized carbons (Fsp3) is 0.150. The lowest BCUT2D eigenvalue weighted by Gasteiger charge is -2.09. The summed E-state index contributed by atoms with van der Waals surface area (Å²) in [4.78, 5) is 4.48. The predicted molar refractivity (Wildman–Crippen MR) is 88.3 cm³/mol. The van der Waals surface area contributed by atoms with Gasteiger partial charge in [0, 0.05) is 11.8 Å². The van der Waals surface area contributed by atoms with Crippen LogP contribution in [0.2, 0.25) is 0 Å². The maximum atomic E-state index is 4.48. The first kappa shape index (κ1) is 13.6. The Balaban J connectivity index is 1.81. The molecule has 1 aromatic heterocycles. The molecule has 3 rings (SSSR count). The zero-order chi connectivity index (χ0) is 14.5. The highest BCUT2D eigenvalue weighted by molar-refractivity contribution is 5.63. The Bertz CT molecular complexity index is 699. The first-order valence-corrected chi connectivity index (χ1v) is 7.38. The summed E-state index contributed by atoms with van der Waals surface area (Å²) in [6.45, 7) is 2.13. The monoisotopic (exact) mass is 273 g/mol. The van der Waals surface area contributed by atoms with Gasteiger partial charge in [-0.2, -0.15) is 0 Å². The molecule has 0 amide bonds. The molecule has 21 heavy (non-hydrogen) atoms. The molecular weight excluding hydrogens is 254 g/mol. The van der Waals surface area contributed by atoms with E-state index in [1.807, 2.05) is 18.3 Å². The number of aromatic nitrogens is 1. The average molecular weight is 273 g/mol. The van der Waals surface area contributed by atoms with E-state index >= 15 is 0 Å². The Hall–Kier alpha value is -2.41. The molecule has 0 aliphatic heterocycles. The van der Waals surface area contributed by atoms with Crippen molar-refractivity contribution in [1.82, 2.24) is 4.98 Å². The Morgan fingerprint density at radius 2 is 1.52 bits per heavy atom. The largest absolute Gasteiger partial charge is 0.256 e. The van der Waals surface area contributed by atoms with E-state index in [-0.39, 0.29) is 0 Å². The topological polar surface area (TPSA) is 12.9 Å². The minimum Gasteiger partial charge on any atom is -0.256 e. The zero-order valence-electron chi connectivity index (χ0n) is 12.3. The molecule has 0 fully saturated rings. The van der Waals surface area contributed by atoms with E-state index < -0.39 is 0 Å². The molecule has 0 saturated heterocycles. The van der Waals surface area contributed by atoms with Crippen molar-refractivity contribution in [3.8, 4) is 11.3 Å². The maximum Gasteiger partial charge on any atom is 0.0704 e. The standard InChI is InChI=1S/C20H19N/c1-16-9-11-17(12-10-16)13-14-18-6-2-3-7-19(18)20-8-4-5-15-21-20/h2-12,15H,13-14H2,1H3. The molecule has 1 nitrogen and oxygen atoms in total. The molecule has 0 radical (unpaired) electrons. The maximum absolute atomic E-state index is 4.48. The Morgan fingerprint density at radius 1 is 0.762 bits per heavy atom. The number of benzene rings is 2. The summed E-state index contributed by atoms with van der Waals surface area (Å²) in [6.07, 6.45) is 3.95. The van der Waals surface area contributed by atoms with E-state index in [0.29, 0.717) is 0 Å². The third-order valence-corrected chi connectivity index (χ3v) is 3.76. The summed E-state index contributed by atoms with van der Waals surface area (Å²) in [7, 11) is 0. The van der Waals surface area contributed by atoms with Crippen molar-refractivity contribution in [3.05, 3.63) is 89.6 Å². The second-order valence-corrected chi connectivity index (χ2v) is 5.36. The van der Waals surface area contributed by atoms with Gasteiger partial charge in [0.2, 0.25) is 0 Å². The molecule has 1 heteroatoms. The second-order valence-electron chi connectivity index (χ2n) is 5.36. The lowest BCUT2D eigenvalue weighted by Crippen LogP contribution is -1.95. The van der Waals surface area contributed by atoms with Gasteiger partial charge >= 0.3 is 0 Å². The van der Waals surface area contributed by atoms with Gasteiger partial charge in [-0.15, -0.1) is 0 Å². The predicted octanol–water partition coefficient (Wildman–Crippen LogP) is 4.84. The number of pyridine rings is 1. The van der Waals surface area contributed by atoms with Crippen LogP contribution in [0.25, 0.3) is 11.3 Å². The molecule has 2 aromatic carbocycles. The molecule has 0 bridgehead atoms. The molecule has 0 aliphatic carbocycles. The van der Waals surface area contributed by atoms with Gasteiger partial charge in [-0.3, -0.25) is 4.98 Å². The fourth-order valence-electron chi connectivity index (χ4n) is 2.54. The zero-order valence-corrected chi connectivity index (χ0v) is 12.3. The molecule has 3 aromatic rings. The molecule has 0 saturated carbocycles. The number of aryl methyl sites for hydroxylation is 3. The van der Waals surface area contributed by atoms with Crippen LogP contribution in [0.1, 0.15) is 16.7 Å². The number of rotatable bonds is 4. The van der Waals surface area contributed by atoms with Gasteiger partial charge < -0.3 is 0 Å². The van der Waals surface area contributed by atoms with Crippen molar-refractivity contribution >= 4 is 0 Å². The molecule has 104 valence electrons. The Morgan fingerprint density at radius 3 is 2.29 bits per heavy atom. The van der Waals surface area contributed by atoms with Gasteiger partial charge in [0.15, 0.2) is 0 Å². The molecule has 0 unspecified atom stereocenters. The van der Waals surface area contributed by atoms with Crippen LogP contribution in [-0.4, -0.2) is 4.98 Å². The molecule has 1 heterocycles. The first-order chi connectivity index (χ1) is 10.3. The third kappa shape index (κ3) is 3.38. The summed E-state index contributed by atoms with van der Waals surface area (Å²) in [5.41, 5.74) is 6.35. The van der Waals surface area contributed by atoms with Gasteiger partial charge in [0.05, 0.1) is 5.69 Å². The van der Waals surface area contributed by atoms with Gasteiger partial charge in [0.1, 0.15) is 0 Å². The summed E-state index contributed by atoms with van der Waals surface area (Å²) >= 11 is 0. The molecule has 0 atom stereocenters. The number of nitrogens with zero attached hydrogens (tertiary/aromatic N) is 1. The van der Waals surface area contributed by atoms with E-state index in [1.54, 1.807) is 0 Å². The van der Waals surface area contributed by atoms with Gasteiger partial charge in [-0.25, -0.2) is 0 Å². The average Bonchev–Trinajstić information content (AvgIpc) is 2.55. The summed E-state index contributed by atoms with van der Waals surface area (Å²) < 4.78 is 0. The molecule has 0 aliphatic rings. The molecular formula is C20H19N. The van der Waals surface area contributed by atoms with Crippen molar-refractivity contribution < 1.29 is 0 Å². The molecule has 0 spiro atoms. The molecule has 0 N–H and O–H groups in total. The SMILES string of the molecule is Cc1ccc(CCc2ccccc2-c2ccccn2)cc1. The second kappa shape index (κ2) is 6.36.